The third kappa shape index (κ3) is 4.24. The molecular weight excluding hydrogens is 346 g/mol. The summed E-state index contributed by atoms with van der Waals surface area (Å²) < 4.78 is 5.76. The molecule has 0 saturated carbocycles. The predicted octanol–water partition coefficient (Wildman–Crippen LogP) is 5.72. The van der Waals surface area contributed by atoms with E-state index in [-0.39, 0.29) is 5.91 Å². The average molecular weight is 366 g/mol. The number of halogens is 1. The molecule has 0 radical (unpaired) electrons. The van der Waals surface area contributed by atoms with Crippen molar-refractivity contribution < 1.29 is 9.53 Å². The molecule has 1 N–H and O–H groups in total. The minimum atomic E-state index is -0.639. The molecule has 0 fully saturated rings. The fourth-order valence-corrected chi connectivity index (χ4v) is 2.76. The topological polar surface area (TPSA) is 38.3 Å². The van der Waals surface area contributed by atoms with Crippen molar-refractivity contribution in [1.82, 2.24) is 0 Å². The SMILES string of the molecule is Cc1cc(O[C@@H](C)C(=O)Nc2ccccc2-c2ccccc2)ccc1Cl. The summed E-state index contributed by atoms with van der Waals surface area (Å²) in [5.41, 5.74) is 3.68. The van der Waals surface area contributed by atoms with E-state index in [1.807, 2.05) is 67.6 Å². The van der Waals surface area contributed by atoms with Gasteiger partial charge in [-0.2, -0.15) is 0 Å². The van der Waals surface area contributed by atoms with Crippen LogP contribution in [-0.4, -0.2) is 12.0 Å². The maximum absolute atomic E-state index is 12.6. The molecule has 0 aliphatic rings. The predicted molar refractivity (Wildman–Crippen MR) is 107 cm³/mol. The summed E-state index contributed by atoms with van der Waals surface area (Å²) in [6.45, 7) is 3.63. The first-order valence-electron chi connectivity index (χ1n) is 8.43. The Hall–Kier alpha value is -2.78. The molecule has 26 heavy (non-hydrogen) atoms. The quantitative estimate of drug-likeness (QED) is 0.627. The van der Waals surface area contributed by atoms with Gasteiger partial charge < -0.3 is 10.1 Å². The van der Waals surface area contributed by atoms with Crippen molar-refractivity contribution in [2.45, 2.75) is 20.0 Å². The molecule has 0 aliphatic carbocycles. The number of aryl methyl sites for hydroxylation is 1. The molecule has 0 aliphatic heterocycles. The van der Waals surface area contributed by atoms with Crippen molar-refractivity contribution in [2.24, 2.45) is 0 Å². The van der Waals surface area contributed by atoms with Crippen LogP contribution < -0.4 is 10.1 Å². The van der Waals surface area contributed by atoms with Gasteiger partial charge in [-0.1, -0.05) is 60.1 Å². The van der Waals surface area contributed by atoms with Crippen LogP contribution in [0.25, 0.3) is 11.1 Å². The number of carbonyl (C=O) groups excluding carboxylic acids is 1. The maximum atomic E-state index is 12.6. The average Bonchev–Trinajstić information content (AvgIpc) is 2.66. The standard InChI is InChI=1S/C22H20ClNO2/c1-15-14-18(12-13-20(15)23)26-16(2)22(25)24-21-11-7-6-10-19(21)17-8-4-3-5-9-17/h3-14,16H,1-2H3,(H,24,25)/t16-/m0/s1. The Morgan fingerprint density at radius 1 is 1.00 bits per heavy atom. The van der Waals surface area contributed by atoms with Gasteiger partial charge in [0.2, 0.25) is 0 Å². The highest BCUT2D eigenvalue weighted by atomic mass is 35.5. The van der Waals surface area contributed by atoms with E-state index < -0.39 is 6.10 Å². The number of hydrogen-bond acceptors (Lipinski definition) is 2. The number of para-hydroxylation sites is 1. The number of ether oxygens (including phenoxy) is 1. The van der Waals surface area contributed by atoms with Crippen molar-refractivity contribution in [2.75, 3.05) is 5.32 Å². The minimum absolute atomic E-state index is 0.207. The third-order valence-electron chi connectivity index (χ3n) is 4.08. The van der Waals surface area contributed by atoms with Gasteiger partial charge in [0.1, 0.15) is 5.75 Å². The second-order valence-corrected chi connectivity index (χ2v) is 6.48. The van der Waals surface area contributed by atoms with Crippen LogP contribution in [0.2, 0.25) is 5.02 Å². The zero-order valence-electron chi connectivity index (χ0n) is 14.7. The monoisotopic (exact) mass is 365 g/mol. The van der Waals surface area contributed by atoms with Gasteiger partial charge in [0.25, 0.3) is 5.91 Å². The molecule has 0 unspecified atom stereocenters. The number of rotatable bonds is 5. The Balaban J connectivity index is 1.74. The Morgan fingerprint density at radius 3 is 2.42 bits per heavy atom. The molecule has 3 nitrogen and oxygen atoms in total. The Morgan fingerprint density at radius 2 is 1.69 bits per heavy atom. The van der Waals surface area contributed by atoms with Crippen molar-refractivity contribution >= 4 is 23.2 Å². The normalized spacial score (nSPS) is 11.7. The Bertz CT molecular complexity index is 909. The molecule has 1 amide bonds. The van der Waals surface area contributed by atoms with Crippen LogP contribution in [0.1, 0.15) is 12.5 Å². The first kappa shape index (κ1) is 18.0. The number of benzene rings is 3. The van der Waals surface area contributed by atoms with Crippen LogP contribution in [-0.2, 0) is 4.79 Å². The van der Waals surface area contributed by atoms with E-state index in [1.54, 1.807) is 19.1 Å². The highest BCUT2D eigenvalue weighted by Crippen LogP contribution is 2.28. The van der Waals surface area contributed by atoms with Crippen LogP contribution >= 0.6 is 11.6 Å². The number of amides is 1. The molecule has 0 saturated heterocycles. The van der Waals surface area contributed by atoms with Gasteiger partial charge in [-0.25, -0.2) is 0 Å². The van der Waals surface area contributed by atoms with Gasteiger partial charge in [0.15, 0.2) is 6.10 Å². The summed E-state index contributed by atoms with van der Waals surface area (Å²) in [6.07, 6.45) is -0.639. The van der Waals surface area contributed by atoms with Crippen molar-refractivity contribution in [1.29, 1.82) is 0 Å². The van der Waals surface area contributed by atoms with E-state index in [4.69, 9.17) is 16.3 Å². The molecule has 132 valence electrons. The molecule has 0 bridgehead atoms. The van der Waals surface area contributed by atoms with Gasteiger partial charge in [-0.15, -0.1) is 0 Å². The van der Waals surface area contributed by atoms with E-state index in [0.29, 0.717) is 10.8 Å². The van der Waals surface area contributed by atoms with Crippen molar-refractivity contribution in [3.05, 3.63) is 83.4 Å². The van der Waals surface area contributed by atoms with Crippen LogP contribution in [0.4, 0.5) is 5.69 Å². The number of anilines is 1. The fourth-order valence-electron chi connectivity index (χ4n) is 2.64. The van der Waals surface area contributed by atoms with Crippen molar-refractivity contribution in [3.8, 4) is 16.9 Å². The lowest BCUT2D eigenvalue weighted by Gasteiger charge is -2.17. The maximum Gasteiger partial charge on any atom is 0.265 e. The molecule has 1 atom stereocenters. The summed E-state index contributed by atoms with van der Waals surface area (Å²) in [6, 6.07) is 23.0. The van der Waals surface area contributed by atoms with E-state index in [9.17, 15) is 4.79 Å². The molecule has 4 heteroatoms. The molecule has 3 aromatic carbocycles. The number of hydrogen-bond donors (Lipinski definition) is 1. The van der Waals surface area contributed by atoms with Gasteiger partial charge in [-0.05, 0) is 49.2 Å². The van der Waals surface area contributed by atoms with E-state index in [1.165, 1.54) is 0 Å². The zero-order chi connectivity index (χ0) is 18.5. The molecule has 0 heterocycles. The lowest BCUT2D eigenvalue weighted by molar-refractivity contribution is -0.122. The molecule has 3 aromatic rings. The van der Waals surface area contributed by atoms with Crippen molar-refractivity contribution in [3.63, 3.8) is 0 Å². The van der Waals surface area contributed by atoms with Crippen LogP contribution in [0.3, 0.4) is 0 Å². The van der Waals surface area contributed by atoms with E-state index in [0.717, 1.165) is 22.4 Å². The summed E-state index contributed by atoms with van der Waals surface area (Å²) >= 11 is 6.03. The largest absolute Gasteiger partial charge is 0.481 e. The number of carbonyl (C=O) groups is 1. The van der Waals surface area contributed by atoms with Crippen LogP contribution in [0.15, 0.2) is 72.8 Å². The Kier molecular flexibility index (Phi) is 5.59. The zero-order valence-corrected chi connectivity index (χ0v) is 15.5. The smallest absolute Gasteiger partial charge is 0.265 e. The van der Waals surface area contributed by atoms with E-state index >= 15 is 0 Å². The second-order valence-electron chi connectivity index (χ2n) is 6.07. The molecular formula is C22H20ClNO2. The third-order valence-corrected chi connectivity index (χ3v) is 4.51. The minimum Gasteiger partial charge on any atom is -0.481 e. The highest BCUT2D eigenvalue weighted by molar-refractivity contribution is 6.31. The van der Waals surface area contributed by atoms with E-state index in [2.05, 4.69) is 5.32 Å². The number of nitrogens with one attached hydrogen (secondary N) is 1. The molecule has 3 rings (SSSR count). The molecule has 0 aromatic heterocycles. The summed E-state index contributed by atoms with van der Waals surface area (Å²) in [5, 5.41) is 3.64. The fraction of sp³-hybridized carbons (Fsp3) is 0.136. The first-order valence-corrected chi connectivity index (χ1v) is 8.80. The second kappa shape index (κ2) is 8.07. The van der Waals surface area contributed by atoms with Gasteiger partial charge in [0.05, 0.1) is 0 Å². The summed E-state index contributed by atoms with van der Waals surface area (Å²) in [5.74, 6) is 0.409. The summed E-state index contributed by atoms with van der Waals surface area (Å²) in [7, 11) is 0. The van der Waals surface area contributed by atoms with Crippen LogP contribution in [0, 0.1) is 6.92 Å². The summed E-state index contributed by atoms with van der Waals surface area (Å²) in [4.78, 5) is 12.6. The van der Waals surface area contributed by atoms with Crippen LogP contribution in [0.5, 0.6) is 5.75 Å². The van der Waals surface area contributed by atoms with Gasteiger partial charge >= 0.3 is 0 Å². The molecule has 0 spiro atoms. The van der Waals surface area contributed by atoms with Gasteiger partial charge in [-0.3, -0.25) is 4.79 Å². The highest BCUT2D eigenvalue weighted by Gasteiger charge is 2.17. The lowest BCUT2D eigenvalue weighted by atomic mass is 10.0. The lowest BCUT2D eigenvalue weighted by Crippen LogP contribution is -2.30. The first-order chi connectivity index (χ1) is 12.5. The van der Waals surface area contributed by atoms with Gasteiger partial charge in [0, 0.05) is 16.3 Å². The Labute approximate surface area is 158 Å².